The molecule has 0 fully saturated rings. The average molecular weight is 502 g/mol. The first-order chi connectivity index (χ1) is 18.3. The standard InChI is InChI=1S/C33H31N3O2/c1-19(2)22-9-12-26-27-13-11-25(18-29(27)36(28(26)16-22)31-8-6-7-21(5)34-31)38-32-14-10-23-15-24(20(3)4)17-30(37)33(23)35-32/h6-20,37H,1-5H3. The van der Waals surface area contributed by atoms with Crippen LogP contribution < -0.4 is 4.74 Å². The molecule has 0 amide bonds. The number of hydrogen-bond donors (Lipinski definition) is 1. The quantitative estimate of drug-likeness (QED) is 0.256. The van der Waals surface area contributed by atoms with Crippen molar-refractivity contribution in [1.29, 1.82) is 0 Å². The number of rotatable bonds is 5. The van der Waals surface area contributed by atoms with Gasteiger partial charge in [0.25, 0.3) is 0 Å². The van der Waals surface area contributed by atoms with Gasteiger partial charge in [0.15, 0.2) is 0 Å². The summed E-state index contributed by atoms with van der Waals surface area (Å²) in [5.74, 6) is 2.88. The van der Waals surface area contributed by atoms with Crippen molar-refractivity contribution in [2.45, 2.75) is 46.5 Å². The first-order valence-corrected chi connectivity index (χ1v) is 13.1. The SMILES string of the molecule is Cc1cccc(-n2c3cc(Oc4ccc5cc(C(C)C)cc(O)c5n4)ccc3c3ccc(C(C)C)cc32)n1. The lowest BCUT2D eigenvalue weighted by molar-refractivity contribution is 0.460. The van der Waals surface area contributed by atoms with Crippen molar-refractivity contribution in [3.05, 3.63) is 95.7 Å². The van der Waals surface area contributed by atoms with E-state index in [0.717, 1.165) is 38.9 Å². The number of phenolic OH excluding ortho intramolecular Hbond substituents is 1. The number of nitrogens with zero attached hydrogens (tertiary/aromatic N) is 3. The molecule has 6 rings (SSSR count). The molecular weight excluding hydrogens is 470 g/mol. The largest absolute Gasteiger partial charge is 0.506 e. The van der Waals surface area contributed by atoms with Crippen molar-refractivity contribution in [2.24, 2.45) is 0 Å². The molecular formula is C33H31N3O2. The molecule has 3 heterocycles. The van der Waals surface area contributed by atoms with Crippen LogP contribution in [0.3, 0.4) is 0 Å². The van der Waals surface area contributed by atoms with E-state index in [1.807, 2.05) is 49.4 Å². The van der Waals surface area contributed by atoms with Crippen LogP contribution in [-0.2, 0) is 0 Å². The van der Waals surface area contributed by atoms with Gasteiger partial charge in [-0.05, 0) is 78.4 Å². The van der Waals surface area contributed by atoms with Gasteiger partial charge >= 0.3 is 0 Å². The van der Waals surface area contributed by atoms with Crippen LogP contribution in [0.4, 0.5) is 0 Å². The monoisotopic (exact) mass is 501 g/mol. The fraction of sp³-hybridized carbons (Fsp3) is 0.212. The third-order valence-corrected chi connectivity index (χ3v) is 7.19. The summed E-state index contributed by atoms with van der Waals surface area (Å²) >= 11 is 0. The first-order valence-electron chi connectivity index (χ1n) is 13.1. The molecule has 0 saturated carbocycles. The lowest BCUT2D eigenvalue weighted by Gasteiger charge is -2.11. The molecule has 0 spiro atoms. The second-order valence-electron chi connectivity index (χ2n) is 10.6. The minimum absolute atomic E-state index is 0.165. The van der Waals surface area contributed by atoms with Gasteiger partial charge in [0.05, 0.1) is 11.0 Å². The zero-order chi connectivity index (χ0) is 26.6. The van der Waals surface area contributed by atoms with Crippen LogP contribution in [0.25, 0.3) is 38.5 Å². The van der Waals surface area contributed by atoms with Gasteiger partial charge in [-0.1, -0.05) is 45.9 Å². The summed E-state index contributed by atoms with van der Waals surface area (Å²) in [6, 6.07) is 26.5. The number of fused-ring (bicyclic) bond motifs is 4. The van der Waals surface area contributed by atoms with E-state index in [0.29, 0.717) is 29.0 Å². The maximum Gasteiger partial charge on any atom is 0.219 e. The zero-order valence-electron chi connectivity index (χ0n) is 22.4. The van der Waals surface area contributed by atoms with Crippen molar-refractivity contribution in [3.63, 3.8) is 0 Å². The molecule has 6 aromatic rings. The summed E-state index contributed by atoms with van der Waals surface area (Å²) < 4.78 is 8.46. The molecule has 1 N–H and O–H groups in total. The maximum absolute atomic E-state index is 10.6. The Morgan fingerprint density at radius 1 is 0.737 bits per heavy atom. The zero-order valence-corrected chi connectivity index (χ0v) is 22.4. The number of aryl methyl sites for hydroxylation is 1. The van der Waals surface area contributed by atoms with Gasteiger partial charge < -0.3 is 9.84 Å². The predicted molar refractivity (Wildman–Crippen MR) is 155 cm³/mol. The normalized spacial score (nSPS) is 11.9. The van der Waals surface area contributed by atoms with Crippen molar-refractivity contribution >= 4 is 32.7 Å². The van der Waals surface area contributed by atoms with Gasteiger partial charge in [-0.25, -0.2) is 9.97 Å². The van der Waals surface area contributed by atoms with Crippen molar-refractivity contribution in [3.8, 4) is 23.2 Å². The molecule has 3 aromatic carbocycles. The molecule has 0 atom stereocenters. The molecule has 5 nitrogen and oxygen atoms in total. The molecule has 3 aromatic heterocycles. The number of phenols is 1. The van der Waals surface area contributed by atoms with Gasteiger partial charge in [-0.2, -0.15) is 0 Å². The highest BCUT2D eigenvalue weighted by molar-refractivity contribution is 6.09. The molecule has 0 aliphatic heterocycles. The van der Waals surface area contributed by atoms with Crippen LogP contribution in [0.15, 0.2) is 78.9 Å². The van der Waals surface area contributed by atoms with E-state index in [1.54, 1.807) is 6.07 Å². The summed E-state index contributed by atoms with van der Waals surface area (Å²) in [6.07, 6.45) is 0. The van der Waals surface area contributed by atoms with Gasteiger partial charge in [-0.3, -0.25) is 4.57 Å². The molecule has 0 unspecified atom stereocenters. The molecule has 38 heavy (non-hydrogen) atoms. The minimum atomic E-state index is 0.165. The number of aromatic nitrogens is 3. The first kappa shape index (κ1) is 24.0. The van der Waals surface area contributed by atoms with Crippen LogP contribution in [0.5, 0.6) is 17.4 Å². The topological polar surface area (TPSA) is 60.2 Å². The van der Waals surface area contributed by atoms with E-state index in [2.05, 4.69) is 67.6 Å². The Hall–Kier alpha value is -4.38. The molecule has 0 saturated heterocycles. The Balaban J connectivity index is 1.49. The lowest BCUT2D eigenvalue weighted by Crippen LogP contribution is -1.99. The number of hydrogen-bond acceptors (Lipinski definition) is 4. The molecule has 0 aliphatic rings. The second-order valence-corrected chi connectivity index (χ2v) is 10.6. The summed E-state index contributed by atoms with van der Waals surface area (Å²) in [5, 5.41) is 13.8. The van der Waals surface area contributed by atoms with E-state index < -0.39 is 0 Å². The fourth-order valence-electron chi connectivity index (χ4n) is 5.07. The Morgan fingerprint density at radius 3 is 2.21 bits per heavy atom. The van der Waals surface area contributed by atoms with Gasteiger partial charge in [0.2, 0.25) is 5.88 Å². The molecule has 5 heteroatoms. The third-order valence-electron chi connectivity index (χ3n) is 7.19. The van der Waals surface area contributed by atoms with Crippen LogP contribution >= 0.6 is 0 Å². The summed E-state index contributed by atoms with van der Waals surface area (Å²) in [6.45, 7) is 10.6. The summed E-state index contributed by atoms with van der Waals surface area (Å²) in [4.78, 5) is 9.47. The Labute approximate surface area is 222 Å². The molecule has 0 bridgehead atoms. The Bertz CT molecular complexity index is 1830. The number of ether oxygens (including phenoxy) is 1. The Kier molecular flexibility index (Phi) is 5.79. The van der Waals surface area contributed by atoms with Crippen molar-refractivity contribution in [2.75, 3.05) is 0 Å². The van der Waals surface area contributed by atoms with E-state index in [9.17, 15) is 5.11 Å². The van der Waals surface area contributed by atoms with Gasteiger partial charge in [-0.15, -0.1) is 0 Å². The van der Waals surface area contributed by atoms with Gasteiger partial charge in [0, 0.05) is 34.0 Å². The highest BCUT2D eigenvalue weighted by Gasteiger charge is 2.16. The van der Waals surface area contributed by atoms with Crippen LogP contribution in [-0.4, -0.2) is 19.6 Å². The predicted octanol–water partition coefficient (Wildman–Crippen LogP) is 8.78. The van der Waals surface area contributed by atoms with E-state index in [-0.39, 0.29) is 5.75 Å². The van der Waals surface area contributed by atoms with E-state index in [4.69, 9.17) is 9.72 Å². The smallest absolute Gasteiger partial charge is 0.219 e. The average Bonchev–Trinajstić information content (AvgIpc) is 3.21. The van der Waals surface area contributed by atoms with E-state index >= 15 is 0 Å². The number of benzene rings is 3. The molecule has 0 aliphatic carbocycles. The van der Waals surface area contributed by atoms with Crippen molar-refractivity contribution < 1.29 is 9.84 Å². The van der Waals surface area contributed by atoms with Crippen LogP contribution in [0.1, 0.15) is 56.4 Å². The van der Waals surface area contributed by atoms with E-state index in [1.165, 1.54) is 10.9 Å². The molecule has 0 radical (unpaired) electrons. The fourth-order valence-corrected chi connectivity index (χ4v) is 5.07. The van der Waals surface area contributed by atoms with Crippen LogP contribution in [0, 0.1) is 6.92 Å². The molecule has 190 valence electrons. The summed E-state index contributed by atoms with van der Waals surface area (Å²) in [5.41, 5.74) is 6.00. The highest BCUT2D eigenvalue weighted by atomic mass is 16.5. The van der Waals surface area contributed by atoms with Crippen molar-refractivity contribution in [1.82, 2.24) is 14.5 Å². The minimum Gasteiger partial charge on any atom is -0.506 e. The number of pyridine rings is 2. The van der Waals surface area contributed by atoms with Crippen LogP contribution in [0.2, 0.25) is 0 Å². The third kappa shape index (κ3) is 4.14. The lowest BCUT2D eigenvalue weighted by atomic mass is 10.0. The maximum atomic E-state index is 10.6. The highest BCUT2D eigenvalue weighted by Crippen LogP contribution is 2.37. The van der Waals surface area contributed by atoms with Gasteiger partial charge in [0.1, 0.15) is 22.8 Å². The Morgan fingerprint density at radius 2 is 1.47 bits per heavy atom. The summed E-state index contributed by atoms with van der Waals surface area (Å²) in [7, 11) is 0. The number of aromatic hydroxyl groups is 1. The second kappa shape index (κ2) is 9.18.